The molecule has 0 aliphatic rings. The molecule has 1 N–H and O–H groups in total. The van der Waals surface area contributed by atoms with E-state index in [0.29, 0.717) is 16.0 Å². The van der Waals surface area contributed by atoms with Crippen molar-refractivity contribution < 1.29 is 9.13 Å². The molecule has 0 saturated carbocycles. The highest BCUT2D eigenvalue weighted by molar-refractivity contribution is 6.29. The summed E-state index contributed by atoms with van der Waals surface area (Å²) in [5.41, 5.74) is -1.31. The van der Waals surface area contributed by atoms with Crippen LogP contribution in [0.2, 0.25) is 5.15 Å². The van der Waals surface area contributed by atoms with Gasteiger partial charge in [-0.25, -0.2) is 9.78 Å². The van der Waals surface area contributed by atoms with Gasteiger partial charge in [-0.1, -0.05) is 17.7 Å². The third kappa shape index (κ3) is 2.65. The van der Waals surface area contributed by atoms with Crippen LogP contribution in [-0.2, 0) is 6.54 Å². The lowest BCUT2D eigenvalue weighted by atomic mass is 10.3. The van der Waals surface area contributed by atoms with E-state index in [-0.39, 0.29) is 6.54 Å². The molecular formula is C11H9ClFN3O3. The fourth-order valence-electron chi connectivity index (χ4n) is 1.47. The summed E-state index contributed by atoms with van der Waals surface area (Å²) in [5, 5.41) is -0.598. The molecule has 0 atom stereocenters. The second-order valence-corrected chi connectivity index (χ2v) is 4.04. The van der Waals surface area contributed by atoms with E-state index in [1.807, 2.05) is 4.98 Å². The zero-order chi connectivity index (χ0) is 14.0. The summed E-state index contributed by atoms with van der Waals surface area (Å²) in [7, 11) is 1.46. The highest BCUT2D eigenvalue weighted by Gasteiger charge is 2.12. The first-order valence-electron chi connectivity index (χ1n) is 5.20. The minimum Gasteiger partial charge on any atom is -0.481 e. The van der Waals surface area contributed by atoms with Crippen molar-refractivity contribution in [2.75, 3.05) is 7.11 Å². The molecule has 2 aromatic rings. The van der Waals surface area contributed by atoms with Crippen molar-refractivity contribution in [1.82, 2.24) is 14.5 Å². The average molecular weight is 286 g/mol. The summed E-state index contributed by atoms with van der Waals surface area (Å²) in [6, 6.07) is 3.19. The number of halogens is 2. The first kappa shape index (κ1) is 13.3. The molecule has 19 heavy (non-hydrogen) atoms. The molecule has 2 aromatic heterocycles. The van der Waals surface area contributed by atoms with E-state index in [0.717, 1.165) is 0 Å². The van der Waals surface area contributed by atoms with Crippen molar-refractivity contribution in [1.29, 1.82) is 0 Å². The lowest BCUT2D eigenvalue weighted by Gasteiger charge is -2.05. The lowest BCUT2D eigenvalue weighted by Crippen LogP contribution is -2.37. The highest BCUT2D eigenvalue weighted by Crippen LogP contribution is 2.07. The van der Waals surface area contributed by atoms with Gasteiger partial charge in [-0.2, -0.15) is 4.39 Å². The van der Waals surface area contributed by atoms with Gasteiger partial charge in [0.1, 0.15) is 0 Å². The second kappa shape index (κ2) is 5.23. The number of hydrogen-bond acceptors (Lipinski definition) is 4. The van der Waals surface area contributed by atoms with Crippen LogP contribution in [0.25, 0.3) is 0 Å². The topological polar surface area (TPSA) is 77.0 Å². The predicted octanol–water partition coefficient (Wildman–Crippen LogP) is 0.781. The van der Waals surface area contributed by atoms with Gasteiger partial charge in [-0.3, -0.25) is 14.3 Å². The van der Waals surface area contributed by atoms with E-state index in [2.05, 4.69) is 4.98 Å². The standard InChI is InChI=1S/C11H9ClFN3O3/c1-19-7-3-2-6(4-14-7)5-16-10(17)8(13)9(12)15-11(16)18/h2-4H,5H2,1H3,(H,15,18). The molecule has 0 amide bonds. The number of aromatic amines is 1. The van der Waals surface area contributed by atoms with Gasteiger partial charge >= 0.3 is 5.69 Å². The summed E-state index contributed by atoms with van der Waals surface area (Å²) in [5.74, 6) is -0.796. The van der Waals surface area contributed by atoms with Crippen molar-refractivity contribution in [3.05, 3.63) is 55.7 Å². The Balaban J connectivity index is 2.41. The number of hydrogen-bond donors (Lipinski definition) is 1. The molecule has 0 spiro atoms. The van der Waals surface area contributed by atoms with Gasteiger partial charge in [-0.05, 0) is 5.56 Å². The Hall–Kier alpha value is -2.15. The molecular weight excluding hydrogens is 277 g/mol. The summed E-state index contributed by atoms with van der Waals surface area (Å²) < 4.78 is 18.9. The Morgan fingerprint density at radius 3 is 2.79 bits per heavy atom. The van der Waals surface area contributed by atoms with Gasteiger partial charge in [0.05, 0.1) is 13.7 Å². The predicted molar refractivity (Wildman–Crippen MR) is 66.2 cm³/mol. The number of nitrogens with one attached hydrogen (secondary N) is 1. The van der Waals surface area contributed by atoms with Gasteiger partial charge in [-0.15, -0.1) is 0 Å². The quantitative estimate of drug-likeness (QED) is 0.846. The van der Waals surface area contributed by atoms with Gasteiger partial charge in [0.2, 0.25) is 11.7 Å². The lowest BCUT2D eigenvalue weighted by molar-refractivity contribution is 0.397. The number of nitrogens with zero attached hydrogens (tertiary/aromatic N) is 2. The number of pyridine rings is 1. The first-order chi connectivity index (χ1) is 9.02. The van der Waals surface area contributed by atoms with E-state index in [1.165, 1.54) is 13.3 Å². The van der Waals surface area contributed by atoms with Crippen molar-refractivity contribution in [2.45, 2.75) is 6.54 Å². The molecule has 2 heterocycles. The molecule has 0 fully saturated rings. The fourth-order valence-corrected chi connectivity index (χ4v) is 1.63. The Labute approximate surface area is 111 Å². The number of ether oxygens (including phenoxy) is 1. The molecule has 0 aromatic carbocycles. The fraction of sp³-hybridized carbons (Fsp3) is 0.182. The van der Waals surface area contributed by atoms with Crippen LogP contribution >= 0.6 is 11.6 Å². The number of methoxy groups -OCH3 is 1. The van der Waals surface area contributed by atoms with Crippen LogP contribution in [0.5, 0.6) is 5.88 Å². The normalized spacial score (nSPS) is 10.5. The van der Waals surface area contributed by atoms with Crippen LogP contribution in [0.15, 0.2) is 27.9 Å². The molecule has 0 unspecified atom stereocenters. The Kier molecular flexibility index (Phi) is 3.66. The van der Waals surface area contributed by atoms with Crippen LogP contribution < -0.4 is 16.0 Å². The Morgan fingerprint density at radius 2 is 2.21 bits per heavy atom. The van der Waals surface area contributed by atoms with Crippen LogP contribution in [0.4, 0.5) is 4.39 Å². The maximum Gasteiger partial charge on any atom is 0.329 e. The molecule has 2 rings (SSSR count). The summed E-state index contributed by atoms with van der Waals surface area (Å²) in [4.78, 5) is 29.1. The maximum atomic E-state index is 13.3. The highest BCUT2D eigenvalue weighted by atomic mass is 35.5. The van der Waals surface area contributed by atoms with Crippen molar-refractivity contribution in [2.24, 2.45) is 0 Å². The third-order valence-electron chi connectivity index (χ3n) is 2.43. The van der Waals surface area contributed by atoms with Gasteiger partial charge in [0.25, 0.3) is 5.56 Å². The van der Waals surface area contributed by atoms with Crippen molar-refractivity contribution in [3.8, 4) is 5.88 Å². The largest absolute Gasteiger partial charge is 0.481 e. The van der Waals surface area contributed by atoms with Crippen LogP contribution in [0.1, 0.15) is 5.56 Å². The van der Waals surface area contributed by atoms with E-state index >= 15 is 0 Å². The van der Waals surface area contributed by atoms with Gasteiger partial charge in [0, 0.05) is 12.3 Å². The molecule has 0 bridgehead atoms. The van der Waals surface area contributed by atoms with Gasteiger partial charge < -0.3 is 4.74 Å². The smallest absolute Gasteiger partial charge is 0.329 e. The average Bonchev–Trinajstić information content (AvgIpc) is 2.42. The van der Waals surface area contributed by atoms with Crippen LogP contribution in [-0.4, -0.2) is 21.6 Å². The molecule has 0 aliphatic carbocycles. The van der Waals surface area contributed by atoms with Crippen LogP contribution in [0.3, 0.4) is 0 Å². The zero-order valence-electron chi connectivity index (χ0n) is 9.81. The minimum atomic E-state index is -1.19. The Bertz CT molecular complexity index is 709. The first-order valence-corrected chi connectivity index (χ1v) is 5.57. The summed E-state index contributed by atoms with van der Waals surface area (Å²) in [6.45, 7) is -0.112. The van der Waals surface area contributed by atoms with E-state index in [9.17, 15) is 14.0 Å². The molecule has 100 valence electrons. The molecule has 6 nitrogen and oxygen atoms in total. The third-order valence-corrected chi connectivity index (χ3v) is 2.70. The number of rotatable bonds is 3. The van der Waals surface area contributed by atoms with Gasteiger partial charge in [0.15, 0.2) is 5.15 Å². The molecule has 8 heteroatoms. The summed E-state index contributed by atoms with van der Waals surface area (Å²) >= 11 is 5.36. The maximum absolute atomic E-state index is 13.3. The molecule has 0 radical (unpaired) electrons. The summed E-state index contributed by atoms with van der Waals surface area (Å²) in [6.07, 6.45) is 1.43. The number of aromatic nitrogens is 3. The van der Waals surface area contributed by atoms with E-state index in [4.69, 9.17) is 16.3 Å². The minimum absolute atomic E-state index is 0.112. The zero-order valence-corrected chi connectivity index (χ0v) is 10.6. The van der Waals surface area contributed by atoms with E-state index in [1.54, 1.807) is 12.1 Å². The van der Waals surface area contributed by atoms with E-state index < -0.39 is 22.2 Å². The van der Waals surface area contributed by atoms with Crippen LogP contribution in [0, 0.1) is 5.82 Å². The Morgan fingerprint density at radius 1 is 1.47 bits per heavy atom. The molecule has 0 saturated heterocycles. The molecule has 0 aliphatic heterocycles. The van der Waals surface area contributed by atoms with Crippen molar-refractivity contribution >= 4 is 11.6 Å². The van der Waals surface area contributed by atoms with Crippen molar-refractivity contribution in [3.63, 3.8) is 0 Å². The number of H-pyrrole nitrogens is 1. The second-order valence-electron chi connectivity index (χ2n) is 3.66. The SMILES string of the molecule is COc1ccc(Cn2c(=O)[nH]c(Cl)c(F)c2=O)cn1. The monoisotopic (exact) mass is 285 g/mol.